The van der Waals surface area contributed by atoms with Gasteiger partial charge in [-0.1, -0.05) is 18.2 Å². The number of pyridine rings is 1. The number of hydrogen-bond donors (Lipinski definition) is 2. The number of nitrogens with one attached hydrogen (secondary N) is 1. The van der Waals surface area contributed by atoms with E-state index in [-0.39, 0.29) is 6.04 Å². The molecule has 0 aliphatic heterocycles. The maximum atomic E-state index is 5.74. The molecule has 1 unspecified atom stereocenters. The van der Waals surface area contributed by atoms with E-state index in [1.54, 1.807) is 0 Å². The van der Waals surface area contributed by atoms with Crippen LogP contribution in [0, 0.1) is 3.57 Å². The van der Waals surface area contributed by atoms with Crippen molar-refractivity contribution in [3.63, 3.8) is 0 Å². The number of hydrogen-bond acceptors (Lipinski definition) is 3. The van der Waals surface area contributed by atoms with Crippen LogP contribution in [0.2, 0.25) is 0 Å². The molecule has 3 rings (SSSR count). The molecule has 1 aromatic carbocycles. The molecule has 2 heterocycles. The Balaban J connectivity index is 1.91. The molecule has 2 aromatic heterocycles. The van der Waals surface area contributed by atoms with E-state index in [0.717, 1.165) is 17.5 Å². The van der Waals surface area contributed by atoms with E-state index in [1.165, 1.54) is 9.13 Å². The van der Waals surface area contributed by atoms with Gasteiger partial charge in [0.1, 0.15) is 0 Å². The van der Waals surface area contributed by atoms with Crippen molar-refractivity contribution in [3.05, 3.63) is 69.6 Å². The first-order valence-corrected chi connectivity index (χ1v) is 7.48. The highest BCUT2D eigenvalue weighted by Crippen LogP contribution is 2.22. The van der Waals surface area contributed by atoms with Gasteiger partial charge in [0.15, 0.2) is 0 Å². The van der Waals surface area contributed by atoms with E-state index in [0.29, 0.717) is 0 Å². The molecule has 0 saturated carbocycles. The largest absolute Gasteiger partial charge is 0.271 e. The fourth-order valence-corrected chi connectivity index (χ4v) is 2.70. The second-order valence-corrected chi connectivity index (χ2v) is 5.93. The molecule has 20 heavy (non-hydrogen) atoms. The molecule has 0 radical (unpaired) electrons. The van der Waals surface area contributed by atoms with Crippen molar-refractivity contribution in [2.45, 2.75) is 12.5 Å². The Morgan fingerprint density at radius 1 is 1.20 bits per heavy atom. The Labute approximate surface area is 131 Å². The van der Waals surface area contributed by atoms with Gasteiger partial charge in [-0.15, -0.1) is 0 Å². The van der Waals surface area contributed by atoms with E-state index in [4.69, 9.17) is 5.84 Å². The first kappa shape index (κ1) is 13.5. The molecule has 0 fully saturated rings. The number of fused-ring (bicyclic) bond motifs is 1. The van der Waals surface area contributed by atoms with Gasteiger partial charge in [-0.2, -0.15) is 5.10 Å². The van der Waals surface area contributed by atoms with E-state index in [1.807, 2.05) is 29.0 Å². The second-order valence-electron chi connectivity index (χ2n) is 4.68. The molecule has 3 aromatic rings. The third-order valence-corrected chi connectivity index (χ3v) is 4.11. The Morgan fingerprint density at radius 2 is 2.00 bits per heavy atom. The fourth-order valence-electron chi connectivity index (χ4n) is 2.34. The van der Waals surface area contributed by atoms with Crippen LogP contribution in [0.5, 0.6) is 0 Å². The summed E-state index contributed by atoms with van der Waals surface area (Å²) in [4.78, 5) is 0. The minimum Gasteiger partial charge on any atom is -0.271 e. The summed E-state index contributed by atoms with van der Waals surface area (Å²) < 4.78 is 3.10. The van der Waals surface area contributed by atoms with Gasteiger partial charge in [-0.25, -0.2) is 4.52 Å². The minimum atomic E-state index is 0.0509. The molecule has 0 aliphatic carbocycles. The maximum Gasteiger partial charge on any atom is 0.0710 e. The monoisotopic (exact) mass is 378 g/mol. The molecule has 102 valence electrons. The number of hydrazine groups is 1. The van der Waals surface area contributed by atoms with Crippen LogP contribution in [0.1, 0.15) is 17.2 Å². The lowest BCUT2D eigenvalue weighted by Gasteiger charge is -2.15. The average molecular weight is 378 g/mol. The summed E-state index contributed by atoms with van der Waals surface area (Å²) >= 11 is 2.31. The van der Waals surface area contributed by atoms with Gasteiger partial charge in [0, 0.05) is 15.3 Å². The van der Waals surface area contributed by atoms with Crippen LogP contribution in [-0.4, -0.2) is 9.61 Å². The van der Waals surface area contributed by atoms with E-state index in [2.05, 4.69) is 63.4 Å². The third kappa shape index (κ3) is 2.70. The lowest BCUT2D eigenvalue weighted by Crippen LogP contribution is -2.29. The van der Waals surface area contributed by atoms with Gasteiger partial charge in [0.05, 0.1) is 17.8 Å². The third-order valence-electron chi connectivity index (χ3n) is 3.39. The van der Waals surface area contributed by atoms with E-state index < -0.39 is 0 Å². The number of aromatic nitrogens is 2. The molecule has 3 N–H and O–H groups in total. The van der Waals surface area contributed by atoms with Crippen LogP contribution in [0.3, 0.4) is 0 Å². The summed E-state index contributed by atoms with van der Waals surface area (Å²) in [5.41, 5.74) is 6.36. The van der Waals surface area contributed by atoms with E-state index in [9.17, 15) is 0 Å². The first-order valence-electron chi connectivity index (χ1n) is 6.41. The zero-order chi connectivity index (χ0) is 13.9. The van der Waals surface area contributed by atoms with Crippen molar-refractivity contribution in [1.29, 1.82) is 0 Å². The Kier molecular flexibility index (Phi) is 4.00. The van der Waals surface area contributed by atoms with Crippen molar-refractivity contribution in [2.24, 2.45) is 5.84 Å². The smallest absolute Gasteiger partial charge is 0.0710 e. The molecular formula is C15H15IN4. The predicted molar refractivity (Wildman–Crippen MR) is 88.1 cm³/mol. The van der Waals surface area contributed by atoms with Crippen molar-refractivity contribution >= 4 is 28.1 Å². The molecule has 4 nitrogen and oxygen atoms in total. The van der Waals surface area contributed by atoms with Crippen molar-refractivity contribution in [3.8, 4) is 0 Å². The molecule has 0 amide bonds. The summed E-state index contributed by atoms with van der Waals surface area (Å²) in [6, 6.07) is 14.6. The van der Waals surface area contributed by atoms with Crippen LogP contribution in [0.15, 0.2) is 54.9 Å². The van der Waals surface area contributed by atoms with Gasteiger partial charge in [-0.05, 0) is 58.8 Å². The second kappa shape index (κ2) is 5.90. The van der Waals surface area contributed by atoms with Crippen LogP contribution in [0.4, 0.5) is 0 Å². The van der Waals surface area contributed by atoms with Gasteiger partial charge < -0.3 is 0 Å². The van der Waals surface area contributed by atoms with Gasteiger partial charge in [0.2, 0.25) is 0 Å². The molecule has 0 spiro atoms. The van der Waals surface area contributed by atoms with Gasteiger partial charge in [-0.3, -0.25) is 11.3 Å². The molecule has 5 heteroatoms. The zero-order valence-electron chi connectivity index (χ0n) is 10.8. The number of rotatable bonds is 4. The summed E-state index contributed by atoms with van der Waals surface area (Å²) in [5.74, 6) is 5.74. The number of halogens is 1. The lowest BCUT2D eigenvalue weighted by molar-refractivity contribution is 0.555. The highest BCUT2D eigenvalue weighted by molar-refractivity contribution is 14.1. The van der Waals surface area contributed by atoms with E-state index >= 15 is 0 Å². The average Bonchev–Trinajstić information content (AvgIpc) is 2.91. The molecule has 1 atom stereocenters. The Bertz CT molecular complexity index is 705. The molecular weight excluding hydrogens is 363 g/mol. The fraction of sp³-hybridized carbons (Fsp3) is 0.133. The summed E-state index contributed by atoms with van der Waals surface area (Å²) in [7, 11) is 0. The topological polar surface area (TPSA) is 55.3 Å². The number of nitrogens with two attached hydrogens (primary N) is 1. The highest BCUT2D eigenvalue weighted by Gasteiger charge is 2.15. The number of nitrogens with zero attached hydrogens (tertiary/aromatic N) is 2. The first-order chi connectivity index (χ1) is 9.78. The maximum absolute atomic E-state index is 5.74. The van der Waals surface area contributed by atoms with Crippen LogP contribution in [0.25, 0.3) is 5.52 Å². The van der Waals surface area contributed by atoms with Gasteiger partial charge in [0.25, 0.3) is 0 Å². The molecule has 0 bridgehead atoms. The normalized spacial score (nSPS) is 12.7. The SMILES string of the molecule is NNC(Cc1ccc(I)cc1)c1cnn2ccccc12. The summed E-state index contributed by atoms with van der Waals surface area (Å²) in [6.45, 7) is 0. The summed E-state index contributed by atoms with van der Waals surface area (Å²) in [6.07, 6.45) is 4.66. The van der Waals surface area contributed by atoms with Crippen molar-refractivity contribution < 1.29 is 0 Å². The Morgan fingerprint density at radius 3 is 2.75 bits per heavy atom. The summed E-state index contributed by atoms with van der Waals surface area (Å²) in [5, 5.41) is 4.36. The minimum absolute atomic E-state index is 0.0509. The number of benzene rings is 1. The molecule has 0 aliphatic rings. The van der Waals surface area contributed by atoms with Crippen LogP contribution in [-0.2, 0) is 6.42 Å². The lowest BCUT2D eigenvalue weighted by atomic mass is 10.0. The van der Waals surface area contributed by atoms with Crippen molar-refractivity contribution in [1.82, 2.24) is 15.0 Å². The zero-order valence-corrected chi connectivity index (χ0v) is 13.0. The predicted octanol–water partition coefficient (Wildman–Crippen LogP) is 2.69. The van der Waals surface area contributed by atoms with Gasteiger partial charge >= 0.3 is 0 Å². The Hall–Kier alpha value is -1.44. The highest BCUT2D eigenvalue weighted by atomic mass is 127. The van der Waals surface area contributed by atoms with Crippen LogP contribution < -0.4 is 11.3 Å². The molecule has 0 saturated heterocycles. The quantitative estimate of drug-likeness (QED) is 0.417. The van der Waals surface area contributed by atoms with Crippen LogP contribution >= 0.6 is 22.6 Å². The van der Waals surface area contributed by atoms with Crippen molar-refractivity contribution in [2.75, 3.05) is 0 Å². The standard InChI is InChI=1S/C15H15IN4/c16-12-6-4-11(5-7-12)9-14(19-17)13-10-18-20-8-2-1-3-15(13)20/h1-8,10,14,19H,9,17H2.